The monoisotopic (exact) mass is 226 g/mol. The summed E-state index contributed by atoms with van der Waals surface area (Å²) < 4.78 is 5.39. The molecule has 3 nitrogen and oxygen atoms in total. The second kappa shape index (κ2) is 8.74. The molecule has 1 aliphatic carbocycles. The van der Waals surface area contributed by atoms with E-state index in [-0.39, 0.29) is 0 Å². The molecule has 0 amide bonds. The van der Waals surface area contributed by atoms with Gasteiger partial charge in [0.05, 0.1) is 0 Å². The van der Waals surface area contributed by atoms with Gasteiger partial charge in [-0.3, -0.25) is 11.3 Å². The Bertz CT molecular complexity index is 204. The van der Waals surface area contributed by atoms with E-state index in [4.69, 9.17) is 10.6 Å². The number of allylic oxidation sites excluding steroid dienone is 1. The van der Waals surface area contributed by atoms with Crippen LogP contribution in [0.3, 0.4) is 0 Å². The molecule has 0 radical (unpaired) electrons. The van der Waals surface area contributed by atoms with Gasteiger partial charge in [-0.2, -0.15) is 0 Å². The van der Waals surface area contributed by atoms with E-state index in [2.05, 4.69) is 11.5 Å². The molecular weight excluding hydrogens is 200 g/mol. The van der Waals surface area contributed by atoms with Crippen LogP contribution in [0.4, 0.5) is 0 Å². The highest BCUT2D eigenvalue weighted by Gasteiger charge is 2.13. The smallest absolute Gasteiger partial charge is 0.0484 e. The number of hydrazine groups is 1. The van der Waals surface area contributed by atoms with Crippen molar-refractivity contribution in [1.82, 2.24) is 5.43 Å². The van der Waals surface area contributed by atoms with Crippen LogP contribution in [0, 0.1) is 0 Å². The van der Waals surface area contributed by atoms with Crippen molar-refractivity contribution in [3.63, 3.8) is 0 Å². The first kappa shape index (κ1) is 13.7. The Hall–Kier alpha value is -0.380. The van der Waals surface area contributed by atoms with Crippen LogP contribution in [-0.2, 0) is 4.74 Å². The zero-order chi connectivity index (χ0) is 11.6. The molecule has 1 rings (SSSR count). The number of nitrogens with one attached hydrogen (secondary N) is 1. The Labute approximate surface area is 99.4 Å². The Balaban J connectivity index is 2.41. The lowest BCUT2D eigenvalue weighted by Crippen LogP contribution is -2.37. The van der Waals surface area contributed by atoms with Crippen LogP contribution in [0.25, 0.3) is 0 Å². The molecule has 0 aromatic carbocycles. The first-order valence-electron chi connectivity index (χ1n) is 6.61. The molecule has 1 aliphatic rings. The van der Waals surface area contributed by atoms with Gasteiger partial charge in [-0.1, -0.05) is 24.5 Å². The van der Waals surface area contributed by atoms with E-state index in [1.165, 1.54) is 44.1 Å². The summed E-state index contributed by atoms with van der Waals surface area (Å²) in [5, 5.41) is 0. The number of ether oxygens (including phenoxy) is 1. The molecule has 0 bridgehead atoms. The van der Waals surface area contributed by atoms with Crippen LogP contribution >= 0.6 is 0 Å². The lowest BCUT2D eigenvalue weighted by atomic mass is 9.94. The molecule has 1 unspecified atom stereocenters. The van der Waals surface area contributed by atoms with Gasteiger partial charge in [0.1, 0.15) is 0 Å². The topological polar surface area (TPSA) is 47.3 Å². The van der Waals surface area contributed by atoms with Crippen LogP contribution in [0.2, 0.25) is 0 Å². The lowest BCUT2D eigenvalue weighted by molar-refractivity contribution is 0.139. The van der Waals surface area contributed by atoms with E-state index in [9.17, 15) is 0 Å². The van der Waals surface area contributed by atoms with Crippen LogP contribution in [0.5, 0.6) is 0 Å². The summed E-state index contributed by atoms with van der Waals surface area (Å²) in [6.45, 7) is 3.61. The largest absolute Gasteiger partial charge is 0.382 e. The van der Waals surface area contributed by atoms with Gasteiger partial charge in [0.25, 0.3) is 0 Å². The average molecular weight is 226 g/mol. The lowest BCUT2D eigenvalue weighted by Gasteiger charge is -2.21. The molecule has 16 heavy (non-hydrogen) atoms. The zero-order valence-electron chi connectivity index (χ0n) is 10.5. The van der Waals surface area contributed by atoms with Gasteiger partial charge in [-0.05, 0) is 39.0 Å². The minimum absolute atomic E-state index is 0.310. The third-order valence-corrected chi connectivity index (χ3v) is 3.23. The Morgan fingerprint density at radius 3 is 2.94 bits per heavy atom. The van der Waals surface area contributed by atoms with E-state index in [1.54, 1.807) is 0 Å². The van der Waals surface area contributed by atoms with Crippen molar-refractivity contribution in [3.8, 4) is 0 Å². The number of hydrogen-bond acceptors (Lipinski definition) is 3. The molecule has 0 aromatic heterocycles. The van der Waals surface area contributed by atoms with Gasteiger partial charge in [0, 0.05) is 19.3 Å². The maximum absolute atomic E-state index is 5.63. The fourth-order valence-corrected chi connectivity index (χ4v) is 2.25. The van der Waals surface area contributed by atoms with Gasteiger partial charge >= 0.3 is 0 Å². The van der Waals surface area contributed by atoms with Crippen LogP contribution in [0.15, 0.2) is 11.6 Å². The molecule has 0 spiro atoms. The highest BCUT2D eigenvalue weighted by Crippen LogP contribution is 2.20. The minimum atomic E-state index is 0.310. The molecule has 0 aliphatic heterocycles. The maximum atomic E-state index is 5.63. The van der Waals surface area contributed by atoms with Gasteiger partial charge in [-0.25, -0.2) is 0 Å². The second-order valence-electron chi connectivity index (χ2n) is 4.44. The summed E-state index contributed by atoms with van der Waals surface area (Å²) in [5.41, 5.74) is 4.42. The van der Waals surface area contributed by atoms with E-state index in [1.807, 2.05) is 6.92 Å². The summed E-state index contributed by atoms with van der Waals surface area (Å²) in [5.74, 6) is 5.63. The quantitative estimate of drug-likeness (QED) is 0.317. The normalized spacial score (nSPS) is 19.8. The summed E-state index contributed by atoms with van der Waals surface area (Å²) in [6.07, 6.45) is 11.1. The first-order valence-corrected chi connectivity index (χ1v) is 6.61. The van der Waals surface area contributed by atoms with Crippen molar-refractivity contribution in [3.05, 3.63) is 11.6 Å². The standard InChI is InChI=1S/C13H26N2O/c1-2-16-11-10-13(15-14)12-8-6-4-3-5-7-9-12/h8,13,15H,2-7,9-11,14H2,1H3. The fourth-order valence-electron chi connectivity index (χ4n) is 2.25. The molecular formula is C13H26N2O. The number of nitrogens with two attached hydrogens (primary N) is 1. The van der Waals surface area contributed by atoms with Crippen molar-refractivity contribution in [1.29, 1.82) is 0 Å². The van der Waals surface area contributed by atoms with Crippen molar-refractivity contribution in [2.24, 2.45) is 5.84 Å². The molecule has 94 valence electrons. The molecule has 1 atom stereocenters. The Morgan fingerprint density at radius 2 is 2.19 bits per heavy atom. The summed E-state index contributed by atoms with van der Waals surface area (Å²) in [6, 6.07) is 0.310. The van der Waals surface area contributed by atoms with Gasteiger partial charge in [0.15, 0.2) is 0 Å². The minimum Gasteiger partial charge on any atom is -0.382 e. The van der Waals surface area contributed by atoms with E-state index in [0.29, 0.717) is 6.04 Å². The molecule has 0 saturated heterocycles. The Kier molecular flexibility index (Phi) is 7.47. The van der Waals surface area contributed by atoms with Crippen molar-refractivity contribution >= 4 is 0 Å². The summed E-state index contributed by atoms with van der Waals surface area (Å²) in [7, 11) is 0. The van der Waals surface area contributed by atoms with Crippen LogP contribution in [-0.4, -0.2) is 19.3 Å². The number of rotatable bonds is 6. The molecule has 0 fully saturated rings. The summed E-state index contributed by atoms with van der Waals surface area (Å²) >= 11 is 0. The SMILES string of the molecule is CCOCCC(NN)C1=CCCCCCC1. The third kappa shape index (κ3) is 5.10. The van der Waals surface area contributed by atoms with Crippen LogP contribution in [0.1, 0.15) is 51.9 Å². The van der Waals surface area contributed by atoms with Crippen molar-refractivity contribution in [2.75, 3.05) is 13.2 Å². The van der Waals surface area contributed by atoms with E-state index in [0.717, 1.165) is 19.6 Å². The maximum Gasteiger partial charge on any atom is 0.0484 e. The van der Waals surface area contributed by atoms with Crippen LogP contribution < -0.4 is 11.3 Å². The van der Waals surface area contributed by atoms with E-state index < -0.39 is 0 Å². The van der Waals surface area contributed by atoms with Gasteiger partial charge < -0.3 is 4.74 Å². The highest BCUT2D eigenvalue weighted by molar-refractivity contribution is 5.11. The average Bonchev–Trinajstić information content (AvgIpc) is 2.25. The highest BCUT2D eigenvalue weighted by atomic mass is 16.5. The third-order valence-electron chi connectivity index (χ3n) is 3.23. The molecule has 3 N–H and O–H groups in total. The Morgan fingerprint density at radius 1 is 1.38 bits per heavy atom. The number of hydrogen-bond donors (Lipinski definition) is 2. The van der Waals surface area contributed by atoms with Gasteiger partial charge in [-0.15, -0.1) is 0 Å². The van der Waals surface area contributed by atoms with Crippen molar-refractivity contribution < 1.29 is 4.74 Å². The first-order chi connectivity index (χ1) is 7.88. The van der Waals surface area contributed by atoms with Gasteiger partial charge in [0.2, 0.25) is 0 Å². The van der Waals surface area contributed by atoms with Crippen molar-refractivity contribution in [2.45, 2.75) is 57.9 Å². The fraction of sp³-hybridized carbons (Fsp3) is 0.846. The zero-order valence-corrected chi connectivity index (χ0v) is 10.5. The molecule has 0 aromatic rings. The second-order valence-corrected chi connectivity index (χ2v) is 4.44. The predicted octanol–water partition coefficient (Wildman–Crippen LogP) is 2.53. The molecule has 0 saturated carbocycles. The van der Waals surface area contributed by atoms with E-state index >= 15 is 0 Å². The molecule has 3 heteroatoms. The molecule has 0 heterocycles. The predicted molar refractivity (Wildman–Crippen MR) is 68.0 cm³/mol. The summed E-state index contributed by atoms with van der Waals surface area (Å²) in [4.78, 5) is 0.